The van der Waals surface area contributed by atoms with E-state index in [0.29, 0.717) is 0 Å². The predicted molar refractivity (Wildman–Crippen MR) is 55.3 cm³/mol. The Balaban J connectivity index is 0.000000845. The van der Waals surface area contributed by atoms with Crippen LogP contribution in [0, 0.1) is 0 Å². The molecule has 74 valence electrons. The Labute approximate surface area is 82.4 Å². The largest absolute Gasteiger partial charge is 0.344 e. The van der Waals surface area contributed by atoms with Crippen molar-refractivity contribution in [3.8, 4) is 11.3 Å². The summed E-state index contributed by atoms with van der Waals surface area (Å²) < 4.78 is 0. The van der Waals surface area contributed by atoms with E-state index >= 15 is 0 Å². The molecule has 5 nitrogen and oxygen atoms in total. The molecule has 0 aliphatic heterocycles. The molecule has 2 aromatic rings. The second kappa shape index (κ2) is 5.74. The molecule has 1 aromatic carbocycles. The normalized spacial score (nSPS) is 8.29. The van der Waals surface area contributed by atoms with Crippen LogP contribution in [0.15, 0.2) is 42.6 Å². The van der Waals surface area contributed by atoms with Crippen molar-refractivity contribution in [2.24, 2.45) is 0 Å². The highest BCUT2D eigenvalue weighted by Crippen LogP contribution is 2.12. The van der Waals surface area contributed by atoms with Crippen LogP contribution < -0.4 is 12.3 Å². The van der Waals surface area contributed by atoms with E-state index in [-0.39, 0.29) is 12.3 Å². The van der Waals surface area contributed by atoms with Crippen LogP contribution in [0.5, 0.6) is 0 Å². The van der Waals surface area contributed by atoms with Crippen molar-refractivity contribution in [3.05, 3.63) is 42.6 Å². The molecule has 0 unspecified atom stereocenters. The Kier molecular flexibility index (Phi) is 4.98. The summed E-state index contributed by atoms with van der Waals surface area (Å²) in [6.07, 6.45) is 1.63. The Morgan fingerprint density at radius 2 is 1.57 bits per heavy atom. The summed E-state index contributed by atoms with van der Waals surface area (Å²) in [4.78, 5) is 0. The topological polar surface area (TPSA) is 109 Å². The fourth-order valence-electron chi connectivity index (χ4n) is 1.00. The van der Waals surface area contributed by atoms with E-state index in [4.69, 9.17) is 0 Å². The Bertz CT molecular complexity index is 311. The molecule has 5 heteroatoms. The number of nitrogens with zero attached hydrogens (tertiary/aromatic N) is 3. The first kappa shape index (κ1) is 12.2. The summed E-state index contributed by atoms with van der Waals surface area (Å²) in [7, 11) is 0. The molecule has 0 radical (unpaired) electrons. The molecular formula is C9H13N5. The molecule has 0 aliphatic rings. The molecule has 0 saturated heterocycles. The van der Waals surface area contributed by atoms with Crippen molar-refractivity contribution in [3.63, 3.8) is 0 Å². The molecule has 0 atom stereocenters. The van der Waals surface area contributed by atoms with Crippen molar-refractivity contribution in [1.29, 1.82) is 0 Å². The van der Waals surface area contributed by atoms with Gasteiger partial charge in [0.25, 0.3) is 0 Å². The van der Waals surface area contributed by atoms with Crippen molar-refractivity contribution in [2.75, 3.05) is 0 Å². The van der Waals surface area contributed by atoms with Gasteiger partial charge in [-0.1, -0.05) is 30.3 Å². The second-order valence-corrected chi connectivity index (χ2v) is 2.37. The number of benzene rings is 1. The highest BCUT2D eigenvalue weighted by molar-refractivity contribution is 5.57. The molecule has 2 rings (SSSR count). The zero-order chi connectivity index (χ0) is 8.23. The van der Waals surface area contributed by atoms with E-state index in [0.717, 1.165) is 11.3 Å². The quantitative estimate of drug-likeness (QED) is 0.715. The predicted octanol–water partition coefficient (Wildman–Crippen LogP) is 1.86. The van der Waals surface area contributed by atoms with E-state index in [9.17, 15) is 0 Å². The lowest BCUT2D eigenvalue weighted by atomic mass is 10.2. The summed E-state index contributed by atoms with van der Waals surface area (Å²) in [6, 6.07) is 11.7. The zero-order valence-electron chi connectivity index (χ0n) is 7.80. The SMILES string of the molecule is N.N.c1ccc(-c2ccnnn2)cc1. The van der Waals surface area contributed by atoms with Gasteiger partial charge < -0.3 is 12.3 Å². The molecule has 0 bridgehead atoms. The molecule has 1 heterocycles. The maximum Gasteiger partial charge on any atom is 0.0963 e. The summed E-state index contributed by atoms with van der Waals surface area (Å²) in [5.74, 6) is 0. The van der Waals surface area contributed by atoms with Gasteiger partial charge in [0.2, 0.25) is 0 Å². The van der Waals surface area contributed by atoms with Gasteiger partial charge in [-0.05, 0) is 11.3 Å². The Morgan fingerprint density at radius 1 is 0.857 bits per heavy atom. The van der Waals surface area contributed by atoms with Crippen LogP contribution in [-0.4, -0.2) is 15.4 Å². The van der Waals surface area contributed by atoms with Gasteiger partial charge in [0.05, 0.1) is 11.9 Å². The van der Waals surface area contributed by atoms with E-state index in [1.54, 1.807) is 6.20 Å². The molecule has 0 amide bonds. The van der Waals surface area contributed by atoms with Crippen molar-refractivity contribution >= 4 is 0 Å². The van der Waals surface area contributed by atoms with E-state index < -0.39 is 0 Å². The molecule has 0 saturated carbocycles. The lowest BCUT2D eigenvalue weighted by Gasteiger charge is -1.95. The summed E-state index contributed by atoms with van der Waals surface area (Å²) in [5.41, 5.74) is 1.91. The third-order valence-corrected chi connectivity index (χ3v) is 1.57. The molecule has 0 aliphatic carbocycles. The number of aromatic nitrogens is 3. The lowest BCUT2D eigenvalue weighted by molar-refractivity contribution is 0.870. The maximum absolute atomic E-state index is 3.89. The monoisotopic (exact) mass is 191 g/mol. The Morgan fingerprint density at radius 3 is 2.14 bits per heavy atom. The third kappa shape index (κ3) is 2.58. The fourth-order valence-corrected chi connectivity index (χ4v) is 1.00. The third-order valence-electron chi connectivity index (χ3n) is 1.57. The molecular weight excluding hydrogens is 178 g/mol. The van der Waals surface area contributed by atoms with Gasteiger partial charge in [0.1, 0.15) is 0 Å². The first-order chi connectivity index (χ1) is 5.97. The van der Waals surface area contributed by atoms with Crippen LogP contribution in [-0.2, 0) is 0 Å². The molecule has 6 N–H and O–H groups in total. The van der Waals surface area contributed by atoms with E-state index in [2.05, 4.69) is 15.4 Å². The second-order valence-electron chi connectivity index (χ2n) is 2.37. The number of rotatable bonds is 1. The molecule has 1 aromatic heterocycles. The number of hydrogen-bond acceptors (Lipinski definition) is 5. The van der Waals surface area contributed by atoms with Crippen LogP contribution in [0.3, 0.4) is 0 Å². The highest BCUT2D eigenvalue weighted by Gasteiger charge is 1.95. The lowest BCUT2D eigenvalue weighted by Crippen LogP contribution is -1.88. The van der Waals surface area contributed by atoms with Gasteiger partial charge in [-0.25, -0.2) is 0 Å². The molecule has 0 spiro atoms. The summed E-state index contributed by atoms with van der Waals surface area (Å²) in [5, 5.41) is 11.1. The van der Waals surface area contributed by atoms with E-state index in [1.165, 1.54) is 0 Å². The van der Waals surface area contributed by atoms with Crippen LogP contribution in [0.1, 0.15) is 0 Å². The van der Waals surface area contributed by atoms with Gasteiger partial charge in [-0.2, -0.15) is 0 Å². The Hall–Kier alpha value is -1.85. The molecule has 14 heavy (non-hydrogen) atoms. The standard InChI is InChI=1S/C9H7N3.2H3N/c1-2-4-8(5-3-1)9-6-7-10-12-11-9;;/h1-7H;2*1H3. The minimum absolute atomic E-state index is 0. The van der Waals surface area contributed by atoms with Gasteiger partial charge in [0, 0.05) is 5.56 Å². The van der Waals surface area contributed by atoms with Crippen molar-refractivity contribution in [1.82, 2.24) is 27.7 Å². The minimum Gasteiger partial charge on any atom is -0.344 e. The van der Waals surface area contributed by atoms with E-state index in [1.807, 2.05) is 36.4 Å². The van der Waals surface area contributed by atoms with Gasteiger partial charge in [-0.3, -0.25) is 0 Å². The van der Waals surface area contributed by atoms with Crippen LogP contribution in [0.4, 0.5) is 0 Å². The van der Waals surface area contributed by atoms with Crippen LogP contribution >= 0.6 is 0 Å². The zero-order valence-corrected chi connectivity index (χ0v) is 7.80. The fraction of sp³-hybridized carbons (Fsp3) is 0. The van der Waals surface area contributed by atoms with Crippen LogP contribution in [0.25, 0.3) is 11.3 Å². The van der Waals surface area contributed by atoms with Gasteiger partial charge >= 0.3 is 0 Å². The average molecular weight is 191 g/mol. The van der Waals surface area contributed by atoms with Gasteiger partial charge in [0.15, 0.2) is 0 Å². The first-order valence-corrected chi connectivity index (χ1v) is 3.66. The van der Waals surface area contributed by atoms with Crippen molar-refractivity contribution < 1.29 is 0 Å². The number of hydrogen-bond donors (Lipinski definition) is 2. The smallest absolute Gasteiger partial charge is 0.0963 e. The van der Waals surface area contributed by atoms with Crippen molar-refractivity contribution in [2.45, 2.75) is 0 Å². The first-order valence-electron chi connectivity index (χ1n) is 3.66. The average Bonchev–Trinajstić information content (AvgIpc) is 2.21. The highest BCUT2D eigenvalue weighted by atomic mass is 15.3. The minimum atomic E-state index is 0. The summed E-state index contributed by atoms with van der Waals surface area (Å²) >= 11 is 0. The molecule has 0 fully saturated rings. The van der Waals surface area contributed by atoms with Gasteiger partial charge in [-0.15, -0.1) is 10.2 Å². The summed E-state index contributed by atoms with van der Waals surface area (Å²) in [6.45, 7) is 0. The van der Waals surface area contributed by atoms with Crippen LogP contribution in [0.2, 0.25) is 0 Å². The maximum atomic E-state index is 3.89.